The lowest BCUT2D eigenvalue weighted by molar-refractivity contribution is -0.142. The van der Waals surface area contributed by atoms with Crippen LogP contribution in [0.2, 0.25) is 0 Å². The Kier molecular flexibility index (Phi) is 3.36. The van der Waals surface area contributed by atoms with E-state index in [2.05, 4.69) is 6.07 Å². The Hall–Kier alpha value is -1.12. The molecule has 1 heterocycles. The van der Waals surface area contributed by atoms with Crippen LogP contribution in [0.3, 0.4) is 0 Å². The topological polar surface area (TPSA) is 79.3 Å². The Morgan fingerprint density at radius 1 is 1.65 bits per heavy atom. The first-order valence-corrected chi connectivity index (χ1v) is 6.11. The van der Waals surface area contributed by atoms with Gasteiger partial charge in [0, 0.05) is 18.6 Å². The molecule has 17 heavy (non-hydrogen) atoms. The molecule has 1 saturated carbocycles. The molecule has 5 nitrogen and oxygen atoms in total. The highest BCUT2D eigenvalue weighted by Crippen LogP contribution is 2.35. The number of hydrogen-bond donors (Lipinski definition) is 1. The zero-order valence-corrected chi connectivity index (χ0v) is 10.2. The van der Waals surface area contributed by atoms with E-state index in [0.29, 0.717) is 32.2 Å². The molecule has 1 aliphatic heterocycles. The van der Waals surface area contributed by atoms with Gasteiger partial charge in [-0.1, -0.05) is 0 Å². The average molecular weight is 237 g/mol. The lowest BCUT2D eigenvalue weighted by Gasteiger charge is -2.33. The van der Waals surface area contributed by atoms with Gasteiger partial charge < -0.3 is 15.4 Å². The second-order valence-corrected chi connectivity index (χ2v) is 5.18. The van der Waals surface area contributed by atoms with E-state index in [1.165, 1.54) is 0 Å². The summed E-state index contributed by atoms with van der Waals surface area (Å²) in [5, 5.41) is 8.64. The van der Waals surface area contributed by atoms with E-state index in [4.69, 9.17) is 15.7 Å². The van der Waals surface area contributed by atoms with Crippen molar-refractivity contribution in [3.8, 4) is 6.07 Å². The summed E-state index contributed by atoms with van der Waals surface area (Å²) >= 11 is 0. The van der Waals surface area contributed by atoms with Gasteiger partial charge in [0.05, 0.1) is 31.1 Å². The van der Waals surface area contributed by atoms with E-state index in [1.54, 1.807) is 0 Å². The highest BCUT2D eigenvalue weighted by Gasteiger charge is 2.48. The molecule has 5 heteroatoms. The first kappa shape index (κ1) is 12.3. The fourth-order valence-electron chi connectivity index (χ4n) is 2.24. The summed E-state index contributed by atoms with van der Waals surface area (Å²) in [5.41, 5.74) is 5.35. The van der Waals surface area contributed by atoms with Gasteiger partial charge >= 0.3 is 0 Å². The van der Waals surface area contributed by atoms with E-state index in [0.717, 1.165) is 12.8 Å². The number of rotatable bonds is 4. The molecule has 2 aliphatic rings. The van der Waals surface area contributed by atoms with Gasteiger partial charge in [-0.3, -0.25) is 4.79 Å². The Balaban J connectivity index is 2.07. The fraction of sp³-hybridized carbons (Fsp3) is 0.833. The van der Waals surface area contributed by atoms with E-state index in [-0.39, 0.29) is 11.9 Å². The Morgan fingerprint density at radius 3 is 2.82 bits per heavy atom. The van der Waals surface area contributed by atoms with Crippen molar-refractivity contribution in [3.05, 3.63) is 0 Å². The van der Waals surface area contributed by atoms with Gasteiger partial charge in [-0.25, -0.2) is 0 Å². The number of nitriles is 1. The smallest absolute Gasteiger partial charge is 0.232 e. The van der Waals surface area contributed by atoms with Gasteiger partial charge in [0.15, 0.2) is 0 Å². The minimum Gasteiger partial charge on any atom is -0.379 e. The lowest BCUT2D eigenvalue weighted by Crippen LogP contribution is -2.52. The average Bonchev–Trinajstić information content (AvgIpc) is 3.08. The van der Waals surface area contributed by atoms with Crippen molar-refractivity contribution < 1.29 is 9.53 Å². The summed E-state index contributed by atoms with van der Waals surface area (Å²) in [7, 11) is 0. The maximum absolute atomic E-state index is 12.5. The first-order valence-electron chi connectivity index (χ1n) is 6.11. The molecule has 1 saturated heterocycles. The van der Waals surface area contributed by atoms with Gasteiger partial charge in [0.2, 0.25) is 5.91 Å². The maximum Gasteiger partial charge on any atom is 0.232 e. The number of ether oxygens (including phenoxy) is 1. The van der Waals surface area contributed by atoms with E-state index < -0.39 is 5.41 Å². The van der Waals surface area contributed by atoms with Gasteiger partial charge in [0.1, 0.15) is 0 Å². The quantitative estimate of drug-likeness (QED) is 0.760. The molecule has 2 atom stereocenters. The number of hydrogen-bond acceptors (Lipinski definition) is 4. The minimum atomic E-state index is -0.613. The van der Waals surface area contributed by atoms with Gasteiger partial charge in [-0.15, -0.1) is 0 Å². The molecule has 2 rings (SSSR count). The van der Waals surface area contributed by atoms with Gasteiger partial charge in [-0.05, 0) is 19.8 Å². The van der Waals surface area contributed by atoms with Crippen molar-refractivity contribution >= 4 is 5.91 Å². The number of carbonyl (C=O) groups is 1. The molecule has 2 unspecified atom stereocenters. The van der Waals surface area contributed by atoms with Crippen molar-refractivity contribution in [1.29, 1.82) is 5.26 Å². The van der Waals surface area contributed by atoms with Crippen LogP contribution in [0.4, 0.5) is 0 Å². The molecule has 2 fully saturated rings. The monoisotopic (exact) mass is 237 g/mol. The molecular formula is C12H19N3O2. The van der Waals surface area contributed by atoms with Crippen molar-refractivity contribution in [1.82, 2.24) is 4.90 Å². The molecule has 94 valence electrons. The molecule has 1 aliphatic carbocycles. The van der Waals surface area contributed by atoms with Gasteiger partial charge in [-0.2, -0.15) is 5.26 Å². The van der Waals surface area contributed by atoms with E-state index in [9.17, 15) is 4.79 Å². The van der Waals surface area contributed by atoms with Crippen molar-refractivity contribution in [2.75, 3.05) is 19.8 Å². The van der Waals surface area contributed by atoms with Crippen LogP contribution in [-0.4, -0.2) is 42.6 Å². The minimum absolute atomic E-state index is 0.0558. The molecule has 2 N–H and O–H groups in total. The summed E-state index contributed by atoms with van der Waals surface area (Å²) in [6.45, 7) is 3.22. The number of nitrogens with zero attached hydrogens (tertiary/aromatic N) is 2. The Bertz CT molecular complexity index is 348. The van der Waals surface area contributed by atoms with Crippen LogP contribution in [0.5, 0.6) is 0 Å². The normalized spacial score (nSPS) is 32.2. The van der Waals surface area contributed by atoms with Crippen LogP contribution in [0.25, 0.3) is 0 Å². The van der Waals surface area contributed by atoms with Crippen LogP contribution in [-0.2, 0) is 9.53 Å². The molecule has 0 radical (unpaired) electrons. The molecule has 0 aromatic rings. The number of carbonyl (C=O) groups excluding carboxylic acids is 1. The summed E-state index contributed by atoms with van der Waals surface area (Å²) in [6, 6.07) is 2.18. The molecule has 0 aromatic heterocycles. The fourth-order valence-corrected chi connectivity index (χ4v) is 2.24. The third kappa shape index (κ3) is 2.28. The summed E-state index contributed by atoms with van der Waals surface area (Å²) in [5.74, 6) is 0.0558. The zero-order chi connectivity index (χ0) is 12.5. The summed E-state index contributed by atoms with van der Waals surface area (Å²) in [4.78, 5) is 14.4. The van der Waals surface area contributed by atoms with Crippen molar-refractivity contribution in [3.63, 3.8) is 0 Å². The zero-order valence-electron chi connectivity index (χ0n) is 10.2. The largest absolute Gasteiger partial charge is 0.379 e. The van der Waals surface area contributed by atoms with Crippen molar-refractivity contribution in [2.24, 2.45) is 11.1 Å². The van der Waals surface area contributed by atoms with Crippen LogP contribution >= 0.6 is 0 Å². The summed E-state index contributed by atoms with van der Waals surface area (Å²) in [6.07, 6.45) is 2.47. The molecule has 0 spiro atoms. The third-order valence-electron chi connectivity index (χ3n) is 3.72. The Morgan fingerprint density at radius 2 is 2.35 bits per heavy atom. The van der Waals surface area contributed by atoms with Crippen LogP contribution < -0.4 is 5.73 Å². The van der Waals surface area contributed by atoms with E-state index >= 15 is 0 Å². The van der Waals surface area contributed by atoms with Gasteiger partial charge in [0.25, 0.3) is 0 Å². The number of amides is 1. The SMILES string of the molecule is CC1(C(=O)N(CCC#N)C2CC2)COCC1N. The molecular weight excluding hydrogens is 218 g/mol. The Labute approximate surface area is 102 Å². The maximum atomic E-state index is 12.5. The molecule has 0 bridgehead atoms. The predicted molar refractivity (Wildman–Crippen MR) is 61.9 cm³/mol. The summed E-state index contributed by atoms with van der Waals surface area (Å²) < 4.78 is 5.31. The molecule has 1 amide bonds. The third-order valence-corrected chi connectivity index (χ3v) is 3.72. The first-order chi connectivity index (χ1) is 8.09. The highest BCUT2D eigenvalue weighted by atomic mass is 16.5. The molecule has 0 aromatic carbocycles. The van der Waals surface area contributed by atoms with Crippen LogP contribution in [0, 0.1) is 16.7 Å². The standard InChI is InChI=1S/C12H19N3O2/c1-12(8-17-7-10(12)14)11(16)15(6-2-5-13)9-3-4-9/h9-10H,2-4,6-8,14H2,1H3. The second kappa shape index (κ2) is 4.63. The number of nitrogens with two attached hydrogens (primary N) is 1. The van der Waals surface area contributed by atoms with E-state index in [1.807, 2.05) is 11.8 Å². The second-order valence-electron chi connectivity index (χ2n) is 5.18. The van der Waals surface area contributed by atoms with Crippen LogP contribution in [0.15, 0.2) is 0 Å². The van der Waals surface area contributed by atoms with Crippen molar-refractivity contribution in [2.45, 2.75) is 38.3 Å². The highest BCUT2D eigenvalue weighted by molar-refractivity contribution is 5.84. The predicted octanol–water partition coefficient (Wildman–Crippen LogP) is 0.255. The lowest BCUT2D eigenvalue weighted by atomic mass is 9.84. The van der Waals surface area contributed by atoms with Crippen LogP contribution in [0.1, 0.15) is 26.2 Å².